The number of aliphatic hydroxyl groups is 1. The van der Waals surface area contributed by atoms with Crippen molar-refractivity contribution in [3.05, 3.63) is 35.8 Å². The monoisotopic (exact) mass is 207 g/mol. The number of aliphatic hydroxyl groups excluding tert-OH is 1. The van der Waals surface area contributed by atoms with Gasteiger partial charge in [-0.25, -0.2) is 4.39 Å². The molecule has 15 heavy (non-hydrogen) atoms. The van der Waals surface area contributed by atoms with Crippen LogP contribution in [-0.2, 0) is 6.54 Å². The first kappa shape index (κ1) is 10.2. The molecule has 2 rings (SSSR count). The smallest absolute Gasteiger partial charge is 0.147 e. The Labute approximate surface area is 88.0 Å². The number of rotatable bonds is 2. The Hall–Kier alpha value is -1.35. The quantitative estimate of drug-likeness (QED) is 0.804. The largest absolute Gasteiger partial charge is 0.389 e. The lowest BCUT2D eigenvalue weighted by atomic mass is 10.1. The van der Waals surface area contributed by atoms with Crippen molar-refractivity contribution in [2.24, 2.45) is 0 Å². The van der Waals surface area contributed by atoms with Crippen LogP contribution in [0.5, 0.6) is 0 Å². The molecule has 0 aliphatic rings. The topological polar surface area (TPSA) is 25.2 Å². The normalized spacial score (nSPS) is 13.3. The van der Waals surface area contributed by atoms with Gasteiger partial charge in [0.05, 0.1) is 11.6 Å². The van der Waals surface area contributed by atoms with Crippen LogP contribution in [-0.4, -0.2) is 9.67 Å². The zero-order valence-electron chi connectivity index (χ0n) is 8.87. The molecule has 0 bridgehead atoms. The minimum absolute atomic E-state index is 0.235. The summed E-state index contributed by atoms with van der Waals surface area (Å²) in [6, 6.07) is 4.95. The van der Waals surface area contributed by atoms with Crippen LogP contribution >= 0.6 is 0 Å². The van der Waals surface area contributed by atoms with Crippen LogP contribution in [0.3, 0.4) is 0 Å². The Kier molecular flexibility index (Phi) is 2.49. The van der Waals surface area contributed by atoms with Crippen LogP contribution in [0.2, 0.25) is 0 Å². The summed E-state index contributed by atoms with van der Waals surface area (Å²) in [6.07, 6.45) is 1.25. The first-order valence-electron chi connectivity index (χ1n) is 5.10. The molecule has 0 radical (unpaired) electrons. The number of para-hydroxylation sites is 1. The second kappa shape index (κ2) is 3.66. The molecule has 1 atom stereocenters. The summed E-state index contributed by atoms with van der Waals surface area (Å²) in [7, 11) is 0. The van der Waals surface area contributed by atoms with Crippen molar-refractivity contribution >= 4 is 10.9 Å². The number of aromatic nitrogens is 1. The molecule has 80 valence electrons. The molecule has 0 amide bonds. The van der Waals surface area contributed by atoms with Crippen LogP contribution in [0.25, 0.3) is 10.9 Å². The van der Waals surface area contributed by atoms with Gasteiger partial charge >= 0.3 is 0 Å². The van der Waals surface area contributed by atoms with Crippen molar-refractivity contribution in [3.8, 4) is 0 Å². The summed E-state index contributed by atoms with van der Waals surface area (Å²) in [5, 5.41) is 10.4. The molecule has 1 aromatic carbocycles. The van der Waals surface area contributed by atoms with E-state index < -0.39 is 6.10 Å². The van der Waals surface area contributed by atoms with E-state index in [9.17, 15) is 9.50 Å². The average Bonchev–Trinajstić information content (AvgIpc) is 2.58. The number of benzene rings is 1. The summed E-state index contributed by atoms with van der Waals surface area (Å²) in [6.45, 7) is 4.35. The maximum absolute atomic E-state index is 13.6. The average molecular weight is 207 g/mol. The lowest BCUT2D eigenvalue weighted by molar-refractivity contribution is 0.200. The molecule has 2 aromatic rings. The van der Waals surface area contributed by atoms with Gasteiger partial charge in [0.15, 0.2) is 0 Å². The van der Waals surface area contributed by atoms with Gasteiger partial charge in [0.25, 0.3) is 0 Å². The second-order valence-electron chi connectivity index (χ2n) is 3.68. The molecule has 0 aliphatic heterocycles. The molecule has 1 unspecified atom stereocenters. The van der Waals surface area contributed by atoms with E-state index in [0.29, 0.717) is 12.1 Å². The molecule has 1 aromatic heterocycles. The van der Waals surface area contributed by atoms with Crippen LogP contribution in [0.15, 0.2) is 24.4 Å². The molecule has 1 heterocycles. The van der Waals surface area contributed by atoms with Crippen LogP contribution in [0.1, 0.15) is 25.5 Å². The Morgan fingerprint density at radius 1 is 1.47 bits per heavy atom. The van der Waals surface area contributed by atoms with E-state index in [4.69, 9.17) is 0 Å². The third-order valence-corrected chi connectivity index (χ3v) is 2.67. The highest BCUT2D eigenvalue weighted by atomic mass is 19.1. The lowest BCUT2D eigenvalue weighted by Crippen LogP contribution is -1.93. The Bertz CT molecular complexity index is 488. The third-order valence-electron chi connectivity index (χ3n) is 2.67. The van der Waals surface area contributed by atoms with E-state index in [1.807, 2.05) is 23.8 Å². The van der Waals surface area contributed by atoms with Gasteiger partial charge in [0.2, 0.25) is 0 Å². The fourth-order valence-electron chi connectivity index (χ4n) is 1.92. The molecule has 1 N–H and O–H groups in total. The summed E-state index contributed by atoms with van der Waals surface area (Å²) >= 11 is 0. The third kappa shape index (κ3) is 1.53. The van der Waals surface area contributed by atoms with Crippen LogP contribution in [0, 0.1) is 5.82 Å². The highest BCUT2D eigenvalue weighted by Crippen LogP contribution is 2.28. The van der Waals surface area contributed by atoms with Gasteiger partial charge in [-0.1, -0.05) is 12.1 Å². The van der Waals surface area contributed by atoms with Crippen molar-refractivity contribution in [1.29, 1.82) is 0 Å². The SMILES string of the molecule is CCn1cc(C(C)O)c2cccc(F)c21. The van der Waals surface area contributed by atoms with E-state index in [2.05, 4.69) is 0 Å². The first-order chi connectivity index (χ1) is 7.15. The molecule has 0 saturated heterocycles. The number of halogens is 1. The summed E-state index contributed by atoms with van der Waals surface area (Å²) in [5.41, 5.74) is 1.36. The second-order valence-corrected chi connectivity index (χ2v) is 3.68. The van der Waals surface area contributed by atoms with E-state index in [-0.39, 0.29) is 5.82 Å². The highest BCUT2D eigenvalue weighted by molar-refractivity contribution is 5.84. The minimum Gasteiger partial charge on any atom is -0.389 e. The van der Waals surface area contributed by atoms with Gasteiger partial charge in [0, 0.05) is 23.7 Å². The summed E-state index contributed by atoms with van der Waals surface area (Å²) in [4.78, 5) is 0. The summed E-state index contributed by atoms with van der Waals surface area (Å²) in [5.74, 6) is -0.235. The van der Waals surface area contributed by atoms with Crippen LogP contribution in [0.4, 0.5) is 4.39 Å². The van der Waals surface area contributed by atoms with Gasteiger partial charge in [-0.05, 0) is 19.9 Å². The van der Waals surface area contributed by atoms with E-state index in [1.54, 1.807) is 13.0 Å². The number of nitrogens with zero attached hydrogens (tertiary/aromatic N) is 1. The first-order valence-corrected chi connectivity index (χ1v) is 5.10. The van der Waals surface area contributed by atoms with Crippen LogP contribution < -0.4 is 0 Å². The Morgan fingerprint density at radius 2 is 2.20 bits per heavy atom. The predicted octanol–water partition coefficient (Wildman–Crippen LogP) is 2.85. The maximum atomic E-state index is 13.6. The van der Waals surface area contributed by atoms with Crippen molar-refractivity contribution in [2.45, 2.75) is 26.5 Å². The van der Waals surface area contributed by atoms with E-state index in [1.165, 1.54) is 6.07 Å². The zero-order valence-corrected chi connectivity index (χ0v) is 8.87. The van der Waals surface area contributed by atoms with Gasteiger partial charge < -0.3 is 9.67 Å². The fourth-order valence-corrected chi connectivity index (χ4v) is 1.92. The fraction of sp³-hybridized carbons (Fsp3) is 0.333. The predicted molar refractivity (Wildman–Crippen MR) is 58.2 cm³/mol. The standard InChI is InChI=1S/C12H14FNO/c1-3-14-7-10(8(2)15)9-5-4-6-11(13)12(9)14/h4-8,15H,3H2,1-2H3. The maximum Gasteiger partial charge on any atom is 0.147 e. The molecule has 0 spiro atoms. The Balaban J connectivity index is 2.81. The molecular formula is C12H14FNO. The number of fused-ring (bicyclic) bond motifs is 1. The van der Waals surface area contributed by atoms with Crippen molar-refractivity contribution < 1.29 is 9.50 Å². The van der Waals surface area contributed by atoms with Gasteiger partial charge in [-0.15, -0.1) is 0 Å². The minimum atomic E-state index is -0.568. The van der Waals surface area contributed by atoms with Gasteiger partial charge in [-0.2, -0.15) is 0 Å². The molecule has 0 aliphatic carbocycles. The van der Waals surface area contributed by atoms with E-state index in [0.717, 1.165) is 10.9 Å². The van der Waals surface area contributed by atoms with Gasteiger partial charge in [0.1, 0.15) is 5.82 Å². The number of aryl methyl sites for hydroxylation is 1. The van der Waals surface area contributed by atoms with Crippen molar-refractivity contribution in [3.63, 3.8) is 0 Å². The van der Waals surface area contributed by atoms with E-state index >= 15 is 0 Å². The molecule has 3 heteroatoms. The molecular weight excluding hydrogens is 193 g/mol. The van der Waals surface area contributed by atoms with Gasteiger partial charge in [-0.3, -0.25) is 0 Å². The number of hydrogen-bond donors (Lipinski definition) is 1. The Morgan fingerprint density at radius 3 is 2.80 bits per heavy atom. The molecule has 0 saturated carbocycles. The lowest BCUT2D eigenvalue weighted by Gasteiger charge is -2.01. The van der Waals surface area contributed by atoms with Crippen molar-refractivity contribution in [2.75, 3.05) is 0 Å². The number of hydrogen-bond acceptors (Lipinski definition) is 1. The highest BCUT2D eigenvalue weighted by Gasteiger charge is 2.13. The molecule has 2 nitrogen and oxygen atoms in total. The summed E-state index contributed by atoms with van der Waals surface area (Å²) < 4.78 is 15.4. The zero-order chi connectivity index (χ0) is 11.0. The van der Waals surface area contributed by atoms with Crippen molar-refractivity contribution in [1.82, 2.24) is 4.57 Å². The molecule has 0 fully saturated rings.